The maximum absolute atomic E-state index is 12.0. The average Bonchev–Trinajstić information content (AvgIpc) is 2.36. The molecular formula is C14H22N2OS. The van der Waals surface area contributed by atoms with Gasteiger partial charge in [0.05, 0.1) is 11.6 Å². The average molecular weight is 266 g/mol. The molecule has 100 valence electrons. The van der Waals surface area contributed by atoms with Crippen molar-refractivity contribution >= 4 is 17.7 Å². The molecule has 0 bridgehead atoms. The van der Waals surface area contributed by atoms with Crippen LogP contribution in [0.3, 0.4) is 0 Å². The Morgan fingerprint density at radius 3 is 2.56 bits per heavy atom. The van der Waals surface area contributed by atoms with Gasteiger partial charge in [0, 0.05) is 0 Å². The Hall–Kier alpha value is -1.00. The van der Waals surface area contributed by atoms with Gasteiger partial charge >= 0.3 is 0 Å². The molecule has 1 aromatic rings. The van der Waals surface area contributed by atoms with Gasteiger partial charge in [0.25, 0.3) is 0 Å². The van der Waals surface area contributed by atoms with Gasteiger partial charge in [0.15, 0.2) is 0 Å². The second kappa shape index (κ2) is 6.81. The number of thioether (sulfide) groups is 1. The van der Waals surface area contributed by atoms with E-state index < -0.39 is 11.6 Å². The van der Waals surface area contributed by atoms with E-state index in [4.69, 9.17) is 5.73 Å². The van der Waals surface area contributed by atoms with E-state index in [2.05, 4.69) is 5.32 Å². The highest BCUT2D eigenvalue weighted by Gasteiger charge is 2.25. The first-order valence-corrected chi connectivity index (χ1v) is 7.49. The van der Waals surface area contributed by atoms with Crippen LogP contribution < -0.4 is 11.1 Å². The molecule has 1 rings (SSSR count). The summed E-state index contributed by atoms with van der Waals surface area (Å²) in [5.41, 5.74) is 6.55. The molecule has 18 heavy (non-hydrogen) atoms. The molecule has 0 aliphatic rings. The van der Waals surface area contributed by atoms with E-state index in [0.717, 1.165) is 11.3 Å². The van der Waals surface area contributed by atoms with Gasteiger partial charge in [-0.3, -0.25) is 4.79 Å². The molecule has 0 radical (unpaired) electrons. The quantitative estimate of drug-likeness (QED) is 0.829. The van der Waals surface area contributed by atoms with Crippen LogP contribution in [0.4, 0.5) is 0 Å². The van der Waals surface area contributed by atoms with E-state index in [1.54, 1.807) is 11.8 Å². The summed E-state index contributed by atoms with van der Waals surface area (Å²) in [6.45, 7) is 3.98. The number of carbonyl (C=O) groups excluding carboxylic acids is 1. The molecule has 0 aliphatic carbocycles. The maximum atomic E-state index is 12.0. The maximum Gasteiger partial charge on any atom is 0.237 e. The van der Waals surface area contributed by atoms with Gasteiger partial charge in [0.1, 0.15) is 0 Å². The predicted octanol–water partition coefficient (Wildman–Crippen LogP) is 2.12. The van der Waals surface area contributed by atoms with Crippen LogP contribution in [0, 0.1) is 0 Å². The zero-order valence-corrected chi connectivity index (χ0v) is 12.1. The normalized spacial score (nSPS) is 13.1. The molecular weight excluding hydrogens is 244 g/mol. The highest BCUT2D eigenvalue weighted by Crippen LogP contribution is 2.19. The Balaban J connectivity index is 2.63. The van der Waals surface area contributed by atoms with Crippen LogP contribution in [-0.4, -0.2) is 24.0 Å². The van der Waals surface area contributed by atoms with Crippen molar-refractivity contribution in [3.8, 4) is 0 Å². The molecule has 3 nitrogen and oxygen atoms in total. The van der Waals surface area contributed by atoms with Crippen LogP contribution in [0.15, 0.2) is 30.3 Å². The van der Waals surface area contributed by atoms with Crippen LogP contribution in [0.1, 0.15) is 25.8 Å². The van der Waals surface area contributed by atoms with E-state index in [-0.39, 0.29) is 5.91 Å². The van der Waals surface area contributed by atoms with Crippen LogP contribution in [0.2, 0.25) is 0 Å². The molecule has 1 aromatic carbocycles. The van der Waals surface area contributed by atoms with Gasteiger partial charge in [-0.25, -0.2) is 0 Å². The molecule has 0 aromatic heterocycles. The summed E-state index contributed by atoms with van der Waals surface area (Å²) >= 11 is 1.70. The molecule has 0 spiro atoms. The Morgan fingerprint density at radius 1 is 1.39 bits per heavy atom. The highest BCUT2D eigenvalue weighted by molar-refractivity contribution is 7.98. The number of nitrogens with one attached hydrogen (secondary N) is 1. The summed E-state index contributed by atoms with van der Waals surface area (Å²) in [4.78, 5) is 12.0. The number of amides is 1. The summed E-state index contributed by atoms with van der Waals surface area (Å²) in [6, 6.07) is 9.49. The first kappa shape index (κ1) is 15.1. The number of hydrogen-bond acceptors (Lipinski definition) is 3. The third-order valence-corrected chi connectivity index (χ3v) is 3.54. The molecule has 0 aliphatic heterocycles. The number of carbonyl (C=O) groups is 1. The second-order valence-electron chi connectivity index (χ2n) is 4.87. The van der Waals surface area contributed by atoms with Crippen LogP contribution in [0.25, 0.3) is 0 Å². The lowest BCUT2D eigenvalue weighted by Crippen LogP contribution is -2.49. The lowest BCUT2D eigenvalue weighted by molar-refractivity contribution is -0.124. The van der Waals surface area contributed by atoms with Crippen LogP contribution in [-0.2, 0) is 10.3 Å². The SMILES string of the molecule is CSCC[C@@H](N)C(=O)NC(C)(C)c1ccccc1. The molecule has 0 unspecified atom stereocenters. The molecule has 4 heteroatoms. The first-order chi connectivity index (χ1) is 8.47. The second-order valence-corrected chi connectivity index (χ2v) is 5.85. The number of rotatable bonds is 6. The van der Waals surface area contributed by atoms with E-state index in [1.165, 1.54) is 0 Å². The third kappa shape index (κ3) is 4.35. The van der Waals surface area contributed by atoms with Gasteiger partial charge in [-0.1, -0.05) is 30.3 Å². The van der Waals surface area contributed by atoms with Crippen molar-refractivity contribution in [2.45, 2.75) is 31.8 Å². The topological polar surface area (TPSA) is 55.1 Å². The Kier molecular flexibility index (Phi) is 5.69. The monoisotopic (exact) mass is 266 g/mol. The molecule has 0 fully saturated rings. The van der Waals surface area contributed by atoms with Crippen LogP contribution in [0.5, 0.6) is 0 Å². The van der Waals surface area contributed by atoms with E-state index in [1.807, 2.05) is 50.4 Å². The minimum absolute atomic E-state index is 0.0853. The van der Waals surface area contributed by atoms with E-state index in [0.29, 0.717) is 6.42 Å². The van der Waals surface area contributed by atoms with Gasteiger partial charge < -0.3 is 11.1 Å². The van der Waals surface area contributed by atoms with Gasteiger partial charge in [0.2, 0.25) is 5.91 Å². The van der Waals surface area contributed by atoms with E-state index >= 15 is 0 Å². The lowest BCUT2D eigenvalue weighted by Gasteiger charge is -2.28. The largest absolute Gasteiger partial charge is 0.346 e. The van der Waals surface area contributed by atoms with Crippen molar-refractivity contribution in [1.29, 1.82) is 0 Å². The highest BCUT2D eigenvalue weighted by atomic mass is 32.2. The van der Waals surface area contributed by atoms with Crippen molar-refractivity contribution in [1.82, 2.24) is 5.32 Å². The van der Waals surface area contributed by atoms with E-state index in [9.17, 15) is 4.79 Å². The summed E-state index contributed by atoms with van der Waals surface area (Å²) in [6.07, 6.45) is 2.72. The van der Waals surface area contributed by atoms with Crippen molar-refractivity contribution in [2.24, 2.45) is 5.73 Å². The zero-order valence-electron chi connectivity index (χ0n) is 11.3. The minimum Gasteiger partial charge on any atom is -0.346 e. The molecule has 0 heterocycles. The molecule has 0 saturated heterocycles. The minimum atomic E-state index is -0.430. The third-order valence-electron chi connectivity index (χ3n) is 2.90. The van der Waals surface area contributed by atoms with Crippen LogP contribution >= 0.6 is 11.8 Å². The summed E-state index contributed by atoms with van der Waals surface area (Å²) in [5.74, 6) is 0.818. The fourth-order valence-electron chi connectivity index (χ4n) is 1.70. The first-order valence-electron chi connectivity index (χ1n) is 6.09. The summed E-state index contributed by atoms with van der Waals surface area (Å²) in [7, 11) is 0. The zero-order chi connectivity index (χ0) is 13.6. The fraction of sp³-hybridized carbons (Fsp3) is 0.500. The number of hydrogen-bond donors (Lipinski definition) is 2. The van der Waals surface area contributed by atoms with Crippen molar-refractivity contribution in [2.75, 3.05) is 12.0 Å². The van der Waals surface area contributed by atoms with Gasteiger partial charge in [-0.15, -0.1) is 0 Å². The Morgan fingerprint density at radius 2 is 2.00 bits per heavy atom. The standard InChI is InChI=1S/C14H22N2OS/c1-14(2,11-7-5-4-6-8-11)16-13(17)12(15)9-10-18-3/h4-8,12H,9-10,15H2,1-3H3,(H,16,17)/t12-/m1/s1. The van der Waals surface area contributed by atoms with Crippen molar-refractivity contribution in [3.05, 3.63) is 35.9 Å². The molecule has 1 amide bonds. The van der Waals surface area contributed by atoms with Gasteiger partial charge in [-0.05, 0) is 37.8 Å². The number of nitrogens with two attached hydrogens (primary N) is 1. The molecule has 1 atom stereocenters. The van der Waals surface area contributed by atoms with Crippen molar-refractivity contribution < 1.29 is 4.79 Å². The van der Waals surface area contributed by atoms with Gasteiger partial charge in [-0.2, -0.15) is 11.8 Å². The fourth-order valence-corrected chi connectivity index (χ4v) is 2.19. The number of benzene rings is 1. The Bertz CT molecular complexity index is 379. The summed E-state index contributed by atoms with van der Waals surface area (Å²) in [5, 5.41) is 3.01. The van der Waals surface area contributed by atoms with Crippen molar-refractivity contribution in [3.63, 3.8) is 0 Å². The Labute approximate surface area is 114 Å². The summed E-state index contributed by atoms with van der Waals surface area (Å²) < 4.78 is 0. The lowest BCUT2D eigenvalue weighted by atomic mass is 9.94. The smallest absolute Gasteiger partial charge is 0.237 e. The molecule has 0 saturated carbocycles. The predicted molar refractivity (Wildman–Crippen MR) is 78.6 cm³/mol. The molecule has 3 N–H and O–H groups in total.